The highest BCUT2D eigenvalue weighted by atomic mass is 35.5. The first-order valence-electron chi connectivity index (χ1n) is 9.40. The summed E-state index contributed by atoms with van der Waals surface area (Å²) in [5, 5.41) is 10.6. The first kappa shape index (κ1) is 22.5. The van der Waals surface area contributed by atoms with Crippen molar-refractivity contribution < 1.29 is 9.53 Å². The molecule has 154 valence electrons. The van der Waals surface area contributed by atoms with E-state index in [2.05, 4.69) is 20.7 Å². The van der Waals surface area contributed by atoms with Crippen LogP contribution < -0.4 is 15.4 Å². The second-order valence-electron chi connectivity index (χ2n) is 7.13. The smallest absolute Gasteiger partial charge is 0.241 e. The van der Waals surface area contributed by atoms with Crippen LogP contribution in [-0.4, -0.2) is 39.4 Å². The molecule has 1 amide bonds. The lowest BCUT2D eigenvalue weighted by molar-refractivity contribution is -0.117. The predicted octanol–water partition coefficient (Wildman–Crippen LogP) is 3.06. The molecule has 1 saturated carbocycles. The van der Waals surface area contributed by atoms with E-state index in [0.717, 1.165) is 17.9 Å². The third-order valence-electron chi connectivity index (χ3n) is 5.34. The number of carbonyl (C=O) groups excluding carboxylic acids is 1. The standard InChI is InChI=1S/C19H25N5O2.2ClH/c25-19(18-10-14-4-1-2-7-17(14)23-18)22-15-5-3-6-16(11-15)26-9-8-24-13-20-12-21-24;;/h3,5-6,11-14,17-18,23H,1-2,4,7-10H2,(H,22,25);2*1H. The molecule has 2 aliphatic rings. The van der Waals surface area contributed by atoms with Gasteiger partial charge in [-0.05, 0) is 37.3 Å². The number of carbonyl (C=O) groups is 1. The molecular formula is C19H27Cl2N5O2. The quantitative estimate of drug-likeness (QED) is 0.739. The molecular weight excluding hydrogens is 401 g/mol. The van der Waals surface area contributed by atoms with Crippen LogP contribution in [0.25, 0.3) is 0 Å². The fourth-order valence-electron chi connectivity index (χ4n) is 4.02. The zero-order chi connectivity index (χ0) is 17.8. The van der Waals surface area contributed by atoms with E-state index in [1.807, 2.05) is 24.3 Å². The zero-order valence-corrected chi connectivity index (χ0v) is 17.3. The molecule has 0 radical (unpaired) electrons. The van der Waals surface area contributed by atoms with Crippen molar-refractivity contribution in [1.29, 1.82) is 0 Å². The fraction of sp³-hybridized carbons (Fsp3) is 0.526. The molecule has 1 aromatic carbocycles. The summed E-state index contributed by atoms with van der Waals surface area (Å²) in [6, 6.07) is 7.97. The first-order chi connectivity index (χ1) is 12.8. The number of nitrogens with one attached hydrogen (secondary N) is 2. The van der Waals surface area contributed by atoms with Gasteiger partial charge in [0.15, 0.2) is 0 Å². The lowest BCUT2D eigenvalue weighted by atomic mass is 9.85. The Morgan fingerprint density at radius 3 is 2.93 bits per heavy atom. The average molecular weight is 428 g/mol. The highest BCUT2D eigenvalue weighted by Gasteiger charge is 2.38. The summed E-state index contributed by atoms with van der Waals surface area (Å²) in [5.74, 6) is 1.45. The van der Waals surface area contributed by atoms with Gasteiger partial charge in [-0.25, -0.2) is 9.67 Å². The van der Waals surface area contributed by atoms with Crippen LogP contribution in [0.4, 0.5) is 5.69 Å². The highest BCUT2D eigenvalue weighted by Crippen LogP contribution is 2.33. The van der Waals surface area contributed by atoms with E-state index in [-0.39, 0.29) is 36.8 Å². The average Bonchev–Trinajstić information content (AvgIpc) is 3.31. The molecule has 1 aromatic heterocycles. The first-order valence-corrected chi connectivity index (χ1v) is 9.40. The van der Waals surface area contributed by atoms with Gasteiger partial charge < -0.3 is 15.4 Å². The summed E-state index contributed by atoms with van der Waals surface area (Å²) in [6.07, 6.45) is 9.13. The summed E-state index contributed by atoms with van der Waals surface area (Å²) in [6.45, 7) is 1.12. The Kier molecular flexibility index (Phi) is 8.54. The minimum Gasteiger partial charge on any atom is -0.492 e. The molecule has 0 spiro atoms. The van der Waals surface area contributed by atoms with Gasteiger partial charge in [-0.1, -0.05) is 18.9 Å². The van der Waals surface area contributed by atoms with Crippen molar-refractivity contribution >= 4 is 36.4 Å². The SMILES string of the molecule is Cl.Cl.O=C(Nc1cccc(OCCn2cncn2)c1)C1CC2CCCCC2N1. The van der Waals surface area contributed by atoms with Crippen LogP contribution in [0.5, 0.6) is 5.75 Å². The molecule has 4 rings (SSSR count). The van der Waals surface area contributed by atoms with Crippen LogP contribution in [0.15, 0.2) is 36.9 Å². The number of ether oxygens (including phenoxy) is 1. The molecule has 7 nitrogen and oxygen atoms in total. The second-order valence-corrected chi connectivity index (χ2v) is 7.13. The topological polar surface area (TPSA) is 81.1 Å². The third-order valence-corrected chi connectivity index (χ3v) is 5.34. The van der Waals surface area contributed by atoms with Gasteiger partial charge in [-0.15, -0.1) is 24.8 Å². The molecule has 28 heavy (non-hydrogen) atoms. The maximum absolute atomic E-state index is 12.6. The summed E-state index contributed by atoms with van der Waals surface area (Å²) >= 11 is 0. The summed E-state index contributed by atoms with van der Waals surface area (Å²) in [4.78, 5) is 16.5. The normalized spacial score (nSPS) is 23.1. The Hall–Kier alpha value is -1.83. The lowest BCUT2D eigenvalue weighted by Crippen LogP contribution is -2.39. The molecule has 1 aliphatic carbocycles. The van der Waals surface area contributed by atoms with E-state index in [0.29, 0.717) is 25.1 Å². The number of hydrogen-bond donors (Lipinski definition) is 2. The maximum Gasteiger partial charge on any atom is 0.241 e. The number of benzene rings is 1. The molecule has 1 aliphatic heterocycles. The number of aromatic nitrogens is 3. The van der Waals surface area contributed by atoms with Gasteiger partial charge in [0, 0.05) is 17.8 Å². The second kappa shape index (κ2) is 10.6. The van der Waals surface area contributed by atoms with Gasteiger partial charge in [-0.2, -0.15) is 5.10 Å². The van der Waals surface area contributed by atoms with Gasteiger partial charge >= 0.3 is 0 Å². The number of anilines is 1. The Labute approximate surface area is 177 Å². The number of hydrogen-bond acceptors (Lipinski definition) is 5. The Morgan fingerprint density at radius 1 is 1.29 bits per heavy atom. The zero-order valence-electron chi connectivity index (χ0n) is 15.6. The summed E-state index contributed by atoms with van der Waals surface area (Å²) in [7, 11) is 0. The minimum absolute atomic E-state index is 0. The summed E-state index contributed by atoms with van der Waals surface area (Å²) < 4.78 is 7.47. The van der Waals surface area contributed by atoms with Crippen LogP contribution in [-0.2, 0) is 11.3 Å². The molecule has 2 fully saturated rings. The van der Waals surface area contributed by atoms with Crippen LogP contribution in [0, 0.1) is 5.92 Å². The van der Waals surface area contributed by atoms with Crippen LogP contribution in [0.2, 0.25) is 0 Å². The predicted molar refractivity (Wildman–Crippen MR) is 112 cm³/mol. The Bertz CT molecular complexity index is 730. The van der Waals surface area contributed by atoms with Gasteiger partial charge in [0.25, 0.3) is 0 Å². The van der Waals surface area contributed by atoms with Crippen LogP contribution >= 0.6 is 24.8 Å². The number of amides is 1. The van der Waals surface area contributed by atoms with E-state index >= 15 is 0 Å². The molecule has 2 heterocycles. The monoisotopic (exact) mass is 427 g/mol. The minimum atomic E-state index is -0.0833. The molecule has 3 unspecified atom stereocenters. The van der Waals surface area contributed by atoms with E-state index in [1.54, 1.807) is 11.0 Å². The van der Waals surface area contributed by atoms with Crippen molar-refractivity contribution in [3.8, 4) is 5.75 Å². The number of rotatable bonds is 6. The summed E-state index contributed by atoms with van der Waals surface area (Å²) in [5.41, 5.74) is 0.768. The number of fused-ring (bicyclic) bond motifs is 1. The van der Waals surface area contributed by atoms with Gasteiger partial charge in [0.05, 0.1) is 12.6 Å². The maximum atomic E-state index is 12.6. The number of halogens is 2. The molecule has 2 aromatic rings. The van der Waals surface area contributed by atoms with Crippen molar-refractivity contribution in [2.75, 3.05) is 11.9 Å². The van der Waals surface area contributed by atoms with Crippen LogP contribution in [0.1, 0.15) is 32.1 Å². The molecule has 9 heteroatoms. The van der Waals surface area contributed by atoms with E-state index in [9.17, 15) is 4.79 Å². The van der Waals surface area contributed by atoms with Crippen molar-refractivity contribution in [1.82, 2.24) is 20.1 Å². The Balaban J connectivity index is 0.00000140. The van der Waals surface area contributed by atoms with Crippen molar-refractivity contribution in [3.05, 3.63) is 36.9 Å². The van der Waals surface area contributed by atoms with Crippen LogP contribution in [0.3, 0.4) is 0 Å². The molecule has 0 bridgehead atoms. The highest BCUT2D eigenvalue weighted by molar-refractivity contribution is 5.95. The molecule has 1 saturated heterocycles. The van der Waals surface area contributed by atoms with E-state index < -0.39 is 0 Å². The fourth-order valence-corrected chi connectivity index (χ4v) is 4.02. The van der Waals surface area contributed by atoms with E-state index in [4.69, 9.17) is 4.74 Å². The van der Waals surface area contributed by atoms with Gasteiger partial charge in [0.2, 0.25) is 5.91 Å². The van der Waals surface area contributed by atoms with Crippen molar-refractivity contribution in [3.63, 3.8) is 0 Å². The van der Waals surface area contributed by atoms with Crippen molar-refractivity contribution in [2.24, 2.45) is 5.92 Å². The van der Waals surface area contributed by atoms with Crippen molar-refractivity contribution in [2.45, 2.75) is 50.7 Å². The van der Waals surface area contributed by atoms with Gasteiger partial charge in [0.1, 0.15) is 25.0 Å². The largest absolute Gasteiger partial charge is 0.492 e. The molecule has 3 atom stereocenters. The van der Waals surface area contributed by atoms with E-state index in [1.165, 1.54) is 32.0 Å². The Morgan fingerprint density at radius 2 is 2.14 bits per heavy atom. The lowest BCUT2D eigenvalue weighted by Gasteiger charge is -2.24. The third kappa shape index (κ3) is 5.59. The number of nitrogens with zero attached hydrogens (tertiary/aromatic N) is 3. The van der Waals surface area contributed by atoms with Gasteiger partial charge in [-0.3, -0.25) is 4.79 Å². The molecule has 2 N–H and O–H groups in total.